The van der Waals surface area contributed by atoms with Gasteiger partial charge in [0, 0.05) is 13.1 Å². The average Bonchev–Trinajstić information content (AvgIpc) is 2.27. The van der Waals surface area contributed by atoms with Crippen molar-refractivity contribution < 1.29 is 24.3 Å². The van der Waals surface area contributed by atoms with Crippen LogP contribution in [-0.4, -0.2) is 59.5 Å². The molecule has 1 heterocycles. The van der Waals surface area contributed by atoms with E-state index in [0.29, 0.717) is 6.54 Å². The summed E-state index contributed by atoms with van der Waals surface area (Å²) in [5.41, 5.74) is 4.88. The van der Waals surface area contributed by atoms with E-state index in [4.69, 9.17) is 10.8 Å². The molecular weight excluding hydrogens is 244 g/mol. The largest absolute Gasteiger partial charge is 0.480 e. The molecule has 1 unspecified atom stereocenters. The first-order valence-electron chi connectivity index (χ1n) is 5.23. The molecule has 9 nitrogen and oxygen atoms in total. The number of carbonyl (C=O) groups excluding carboxylic acids is 3. The molecule has 0 aromatic heterocycles. The van der Waals surface area contributed by atoms with Gasteiger partial charge in [-0.1, -0.05) is 0 Å². The molecule has 1 atom stereocenters. The monoisotopic (exact) mass is 258 g/mol. The van der Waals surface area contributed by atoms with Gasteiger partial charge in [0.1, 0.15) is 12.6 Å². The molecular formula is C9H14N4O5. The van der Waals surface area contributed by atoms with Crippen LogP contribution < -0.4 is 16.4 Å². The molecule has 0 aromatic rings. The maximum absolute atomic E-state index is 11.7. The molecule has 0 aromatic carbocycles. The van der Waals surface area contributed by atoms with Crippen molar-refractivity contribution in [2.45, 2.75) is 12.5 Å². The molecule has 0 radical (unpaired) electrons. The summed E-state index contributed by atoms with van der Waals surface area (Å²) in [7, 11) is 0. The molecule has 1 rings (SSSR count). The highest BCUT2D eigenvalue weighted by molar-refractivity contribution is 5.89. The molecule has 4 amide bonds. The molecule has 0 spiro atoms. The standard InChI is InChI=1S/C9H14N4O5/c10-6(14)3-5(8(16)17)12-9(18)13-2-1-11-7(15)4-13/h5H,1-4H2,(H2,10,14)(H,11,15)(H,12,18)(H,16,17). The number of urea groups is 1. The maximum Gasteiger partial charge on any atom is 0.326 e. The van der Waals surface area contributed by atoms with Gasteiger partial charge in [0.15, 0.2) is 0 Å². The zero-order chi connectivity index (χ0) is 13.7. The number of nitrogens with two attached hydrogens (primary N) is 1. The molecule has 1 aliphatic heterocycles. The Morgan fingerprint density at radius 2 is 2.17 bits per heavy atom. The number of aliphatic carboxylic acids is 1. The Morgan fingerprint density at radius 1 is 1.50 bits per heavy atom. The first-order chi connectivity index (χ1) is 8.40. The van der Waals surface area contributed by atoms with E-state index in [0.717, 1.165) is 4.90 Å². The van der Waals surface area contributed by atoms with Crippen molar-refractivity contribution in [3.05, 3.63) is 0 Å². The van der Waals surface area contributed by atoms with Crippen LogP contribution in [-0.2, 0) is 14.4 Å². The lowest BCUT2D eigenvalue weighted by Crippen LogP contribution is -2.56. The predicted molar refractivity (Wildman–Crippen MR) is 58.3 cm³/mol. The lowest BCUT2D eigenvalue weighted by molar-refractivity contribution is -0.140. The van der Waals surface area contributed by atoms with Crippen molar-refractivity contribution >= 4 is 23.8 Å². The van der Waals surface area contributed by atoms with Crippen molar-refractivity contribution in [1.29, 1.82) is 0 Å². The van der Waals surface area contributed by atoms with Gasteiger partial charge in [-0.15, -0.1) is 0 Å². The highest BCUT2D eigenvalue weighted by Crippen LogP contribution is 1.98. The second-order valence-electron chi connectivity index (χ2n) is 3.78. The normalized spacial score (nSPS) is 16.7. The number of amides is 4. The van der Waals surface area contributed by atoms with E-state index in [2.05, 4.69) is 10.6 Å². The molecule has 18 heavy (non-hydrogen) atoms. The lowest BCUT2D eigenvalue weighted by atomic mass is 10.2. The number of hydrogen-bond acceptors (Lipinski definition) is 4. The molecule has 100 valence electrons. The number of carboxylic acids is 1. The summed E-state index contributed by atoms with van der Waals surface area (Å²) in [5.74, 6) is -2.51. The van der Waals surface area contributed by atoms with Crippen LogP contribution in [0.2, 0.25) is 0 Å². The number of rotatable bonds is 4. The fourth-order valence-electron chi connectivity index (χ4n) is 1.45. The molecule has 0 bridgehead atoms. The number of piperazine rings is 1. The van der Waals surface area contributed by atoms with Crippen LogP contribution in [0.25, 0.3) is 0 Å². The van der Waals surface area contributed by atoms with Gasteiger partial charge in [0.25, 0.3) is 0 Å². The minimum Gasteiger partial charge on any atom is -0.480 e. The van der Waals surface area contributed by atoms with Crippen LogP contribution >= 0.6 is 0 Å². The van der Waals surface area contributed by atoms with E-state index in [1.165, 1.54) is 0 Å². The van der Waals surface area contributed by atoms with E-state index in [1.54, 1.807) is 0 Å². The van der Waals surface area contributed by atoms with Crippen LogP contribution in [0.15, 0.2) is 0 Å². The summed E-state index contributed by atoms with van der Waals surface area (Å²) in [6.07, 6.45) is -0.499. The lowest BCUT2D eigenvalue weighted by Gasteiger charge is -2.27. The van der Waals surface area contributed by atoms with E-state index in [1.807, 2.05) is 0 Å². The molecule has 1 saturated heterocycles. The Balaban J connectivity index is 2.57. The Kier molecular flexibility index (Phi) is 4.46. The number of nitrogens with one attached hydrogen (secondary N) is 2. The molecule has 9 heteroatoms. The molecule has 5 N–H and O–H groups in total. The fraction of sp³-hybridized carbons (Fsp3) is 0.556. The maximum atomic E-state index is 11.7. The zero-order valence-electron chi connectivity index (χ0n) is 9.51. The van der Waals surface area contributed by atoms with Gasteiger partial charge in [0.2, 0.25) is 11.8 Å². The van der Waals surface area contributed by atoms with Gasteiger partial charge in [-0.3, -0.25) is 9.59 Å². The highest BCUT2D eigenvalue weighted by Gasteiger charge is 2.27. The Labute approximate surface area is 102 Å². The summed E-state index contributed by atoms with van der Waals surface area (Å²) in [4.78, 5) is 45.3. The Morgan fingerprint density at radius 3 is 2.67 bits per heavy atom. The van der Waals surface area contributed by atoms with Crippen LogP contribution in [0, 0.1) is 0 Å². The average molecular weight is 258 g/mol. The van der Waals surface area contributed by atoms with Gasteiger partial charge in [-0.2, -0.15) is 0 Å². The van der Waals surface area contributed by atoms with Crippen LogP contribution in [0.4, 0.5) is 4.79 Å². The summed E-state index contributed by atoms with van der Waals surface area (Å²) in [6.45, 7) is 0.440. The van der Waals surface area contributed by atoms with E-state index in [-0.39, 0.29) is 19.0 Å². The van der Waals surface area contributed by atoms with Gasteiger partial charge in [0.05, 0.1) is 6.42 Å². The van der Waals surface area contributed by atoms with Crippen molar-refractivity contribution in [2.24, 2.45) is 5.73 Å². The second-order valence-corrected chi connectivity index (χ2v) is 3.78. The molecule has 1 fully saturated rings. The van der Waals surface area contributed by atoms with Crippen molar-refractivity contribution in [3.63, 3.8) is 0 Å². The summed E-state index contributed by atoms with van der Waals surface area (Å²) >= 11 is 0. The molecule has 0 aliphatic carbocycles. The van der Waals surface area contributed by atoms with Crippen molar-refractivity contribution in [1.82, 2.24) is 15.5 Å². The Hall–Kier alpha value is -2.32. The van der Waals surface area contributed by atoms with E-state index >= 15 is 0 Å². The third kappa shape index (κ3) is 3.92. The minimum atomic E-state index is -1.39. The molecule has 1 aliphatic rings. The van der Waals surface area contributed by atoms with Crippen LogP contribution in [0.5, 0.6) is 0 Å². The molecule has 0 saturated carbocycles. The fourth-order valence-corrected chi connectivity index (χ4v) is 1.45. The van der Waals surface area contributed by atoms with Gasteiger partial charge in [-0.25, -0.2) is 9.59 Å². The predicted octanol–water partition coefficient (Wildman–Crippen LogP) is -2.54. The van der Waals surface area contributed by atoms with Crippen LogP contribution in [0.1, 0.15) is 6.42 Å². The van der Waals surface area contributed by atoms with Gasteiger partial charge >= 0.3 is 12.0 Å². The summed E-state index contributed by atoms with van der Waals surface area (Å²) < 4.78 is 0. The second kappa shape index (κ2) is 5.84. The number of carbonyl (C=O) groups is 4. The first-order valence-corrected chi connectivity index (χ1v) is 5.23. The van der Waals surface area contributed by atoms with Crippen molar-refractivity contribution in [3.8, 4) is 0 Å². The zero-order valence-corrected chi connectivity index (χ0v) is 9.51. The van der Waals surface area contributed by atoms with Crippen molar-refractivity contribution in [2.75, 3.05) is 19.6 Å². The van der Waals surface area contributed by atoms with Crippen LogP contribution in [0.3, 0.4) is 0 Å². The quantitative estimate of drug-likeness (QED) is 0.439. The third-order valence-corrected chi connectivity index (χ3v) is 2.33. The van der Waals surface area contributed by atoms with Gasteiger partial charge in [-0.05, 0) is 0 Å². The number of hydrogen-bond donors (Lipinski definition) is 4. The third-order valence-electron chi connectivity index (χ3n) is 2.33. The first kappa shape index (κ1) is 13.7. The number of primary amides is 1. The SMILES string of the molecule is NC(=O)CC(NC(=O)N1CCNC(=O)C1)C(=O)O. The highest BCUT2D eigenvalue weighted by atomic mass is 16.4. The van der Waals surface area contributed by atoms with Gasteiger partial charge < -0.3 is 26.4 Å². The smallest absolute Gasteiger partial charge is 0.326 e. The number of nitrogens with zero attached hydrogens (tertiary/aromatic N) is 1. The van der Waals surface area contributed by atoms with E-state index < -0.39 is 30.4 Å². The summed E-state index contributed by atoms with van der Waals surface area (Å²) in [6, 6.07) is -2.10. The number of carboxylic acid groups (broad SMARTS) is 1. The van der Waals surface area contributed by atoms with E-state index in [9.17, 15) is 19.2 Å². The minimum absolute atomic E-state index is 0.144. The topological polar surface area (TPSA) is 142 Å². The summed E-state index contributed by atoms with van der Waals surface area (Å²) in [5, 5.41) is 13.5. The Bertz CT molecular complexity index is 383.